The summed E-state index contributed by atoms with van der Waals surface area (Å²) in [7, 11) is 1.42. The number of carbonyl (C=O) groups excluding carboxylic acids is 1. The first-order valence-corrected chi connectivity index (χ1v) is 11.9. The Morgan fingerprint density at radius 1 is 1.21 bits per heavy atom. The van der Waals surface area contributed by atoms with Gasteiger partial charge in [-0.05, 0) is 56.8 Å². The van der Waals surface area contributed by atoms with Crippen LogP contribution in [0.1, 0.15) is 36.5 Å². The van der Waals surface area contributed by atoms with Crippen LogP contribution in [0, 0.1) is 33.1 Å². The van der Waals surface area contributed by atoms with Crippen molar-refractivity contribution in [2.75, 3.05) is 13.7 Å². The fourth-order valence-corrected chi connectivity index (χ4v) is 5.13. The Bertz CT molecular complexity index is 1200. The third kappa shape index (κ3) is 5.83. The number of esters is 1. The lowest BCUT2D eigenvalue weighted by Gasteiger charge is -2.31. The van der Waals surface area contributed by atoms with Gasteiger partial charge in [0.25, 0.3) is 0 Å². The second-order valence-electron chi connectivity index (χ2n) is 8.41. The number of benzene rings is 2. The first-order chi connectivity index (χ1) is 15.8. The molecule has 33 heavy (non-hydrogen) atoms. The summed E-state index contributed by atoms with van der Waals surface area (Å²) in [6.45, 7) is 8.87. The number of ether oxygens (including phenoxy) is 1. The van der Waals surface area contributed by atoms with Crippen molar-refractivity contribution in [3.63, 3.8) is 0 Å². The first kappa shape index (κ1) is 24.5. The molecule has 1 atom stereocenters. The maximum atomic E-state index is 11.9. The van der Waals surface area contributed by atoms with E-state index in [0.717, 1.165) is 28.3 Å². The quantitative estimate of drug-likeness (QED) is 0.367. The monoisotopic (exact) mass is 460 g/mol. The van der Waals surface area contributed by atoms with Crippen LogP contribution < -0.4 is 15.2 Å². The fourth-order valence-electron chi connectivity index (χ4n) is 4.30. The van der Waals surface area contributed by atoms with Crippen molar-refractivity contribution >= 4 is 29.3 Å². The number of nitrogens with zero attached hydrogens (tertiary/aromatic N) is 1. The molecule has 3 rings (SSSR count). The van der Waals surface area contributed by atoms with Crippen LogP contribution in [0.15, 0.2) is 53.4 Å². The highest BCUT2D eigenvalue weighted by Gasteiger charge is 2.21. The average Bonchev–Trinajstić information content (AvgIpc) is 2.96. The highest BCUT2D eigenvalue weighted by molar-refractivity contribution is 7.97. The van der Waals surface area contributed by atoms with Crippen LogP contribution in [-0.4, -0.2) is 30.6 Å². The molecule has 0 saturated carbocycles. The number of fused-ring (bicyclic) bond motifs is 1. The normalized spacial score (nSPS) is 13.6. The van der Waals surface area contributed by atoms with Crippen molar-refractivity contribution < 1.29 is 9.53 Å². The summed E-state index contributed by atoms with van der Waals surface area (Å²) in [6.07, 6.45) is 11.0. The summed E-state index contributed by atoms with van der Waals surface area (Å²) in [6, 6.07) is 12.7. The van der Waals surface area contributed by atoms with Gasteiger partial charge in [-0.3, -0.25) is 4.79 Å². The number of hydrogen-bond donors (Lipinski definition) is 1. The van der Waals surface area contributed by atoms with E-state index in [1.54, 1.807) is 11.9 Å². The Labute approximate surface area is 201 Å². The molecule has 0 amide bonds. The zero-order valence-electron chi connectivity index (χ0n) is 20.1. The minimum Gasteiger partial charge on any atom is -0.469 e. The number of aryl methyl sites for hydroxylation is 3. The van der Waals surface area contributed by atoms with E-state index in [2.05, 4.69) is 72.7 Å². The van der Waals surface area contributed by atoms with Crippen LogP contribution in [0.5, 0.6) is 0 Å². The smallest absolute Gasteiger partial charge is 0.307 e. The zero-order valence-corrected chi connectivity index (χ0v) is 20.9. The van der Waals surface area contributed by atoms with E-state index in [0.29, 0.717) is 6.54 Å². The van der Waals surface area contributed by atoms with Crippen molar-refractivity contribution in [1.82, 2.24) is 9.62 Å². The van der Waals surface area contributed by atoms with Crippen LogP contribution in [-0.2, 0) is 9.53 Å². The topological polar surface area (TPSA) is 41.6 Å². The van der Waals surface area contributed by atoms with Gasteiger partial charge >= 0.3 is 5.97 Å². The highest BCUT2D eigenvalue weighted by atomic mass is 32.2. The van der Waals surface area contributed by atoms with Gasteiger partial charge in [0.15, 0.2) is 0 Å². The van der Waals surface area contributed by atoms with Crippen LogP contribution in [0.2, 0.25) is 0 Å². The number of carbonyl (C=O) groups is 1. The number of nitrogens with one attached hydrogen (secondary N) is 1. The predicted molar refractivity (Wildman–Crippen MR) is 138 cm³/mol. The maximum absolute atomic E-state index is 11.9. The van der Waals surface area contributed by atoms with E-state index in [-0.39, 0.29) is 18.4 Å². The molecule has 4 nitrogen and oxygen atoms in total. The molecular formula is C28H32N2O2S. The Kier molecular flexibility index (Phi) is 8.30. The van der Waals surface area contributed by atoms with E-state index >= 15 is 0 Å². The molecule has 0 heterocycles. The Morgan fingerprint density at radius 3 is 2.52 bits per heavy atom. The minimum atomic E-state index is -0.239. The molecule has 0 saturated heterocycles. The lowest BCUT2D eigenvalue weighted by molar-refractivity contribution is -0.141. The summed E-state index contributed by atoms with van der Waals surface area (Å²) < 4.78 is 8.49. The lowest BCUT2D eigenvalue weighted by Crippen LogP contribution is -2.40. The Morgan fingerprint density at radius 2 is 1.88 bits per heavy atom. The summed E-state index contributed by atoms with van der Waals surface area (Å²) in [5, 5.41) is 2.23. The molecule has 2 aromatic rings. The second-order valence-corrected chi connectivity index (χ2v) is 9.22. The minimum absolute atomic E-state index is 0.0771. The SMILES string of the molecule is C#CCN(C1=c2ccccc2=C(NSc2c(C)cc(C)cc2C)C=CC1)C(C)CC(=O)OC. The summed E-state index contributed by atoms with van der Waals surface area (Å²) in [5.74, 6) is 2.53. The van der Waals surface area contributed by atoms with Crippen LogP contribution >= 0.6 is 11.9 Å². The van der Waals surface area contributed by atoms with E-state index in [1.165, 1.54) is 28.7 Å². The largest absolute Gasteiger partial charge is 0.469 e. The van der Waals surface area contributed by atoms with Gasteiger partial charge in [0, 0.05) is 33.5 Å². The van der Waals surface area contributed by atoms with Crippen molar-refractivity contribution in [2.45, 2.75) is 51.5 Å². The van der Waals surface area contributed by atoms with Crippen molar-refractivity contribution in [3.05, 3.63) is 75.7 Å². The molecule has 5 heteroatoms. The van der Waals surface area contributed by atoms with Gasteiger partial charge in [-0.25, -0.2) is 0 Å². The number of methoxy groups -OCH3 is 1. The first-order valence-electron chi connectivity index (χ1n) is 11.1. The summed E-state index contributed by atoms with van der Waals surface area (Å²) in [5.41, 5.74) is 5.96. The molecule has 0 bridgehead atoms. The standard InChI is InChI=1S/C28H32N2O2S/c1-7-15-30(22(5)18-27(31)32-6)26-14-10-13-25(23-11-8-9-12-24(23)26)29-33-28-20(3)16-19(2)17-21(28)4/h1,8-13,16-17,22,29H,14-15,18H2,2-6H3. The lowest BCUT2D eigenvalue weighted by atomic mass is 10.1. The molecule has 172 valence electrons. The van der Waals surface area contributed by atoms with Gasteiger partial charge in [-0.2, -0.15) is 0 Å². The highest BCUT2D eigenvalue weighted by Crippen LogP contribution is 2.27. The van der Waals surface area contributed by atoms with Gasteiger partial charge in [0.2, 0.25) is 0 Å². The van der Waals surface area contributed by atoms with Gasteiger partial charge in [-0.1, -0.05) is 54.0 Å². The Balaban J connectivity index is 2.06. The van der Waals surface area contributed by atoms with Crippen LogP contribution in [0.4, 0.5) is 0 Å². The molecule has 1 unspecified atom stereocenters. The van der Waals surface area contributed by atoms with E-state index in [1.807, 2.05) is 19.1 Å². The van der Waals surface area contributed by atoms with Crippen molar-refractivity contribution in [2.24, 2.45) is 0 Å². The van der Waals surface area contributed by atoms with Crippen LogP contribution in [0.3, 0.4) is 0 Å². The molecule has 0 fully saturated rings. The van der Waals surface area contributed by atoms with Crippen molar-refractivity contribution in [3.8, 4) is 12.3 Å². The Hall–Kier alpha value is -3.10. The average molecular weight is 461 g/mol. The second kappa shape index (κ2) is 11.2. The molecule has 1 aliphatic carbocycles. The van der Waals surface area contributed by atoms with Gasteiger partial charge in [0.1, 0.15) is 0 Å². The summed E-state index contributed by atoms with van der Waals surface area (Å²) in [4.78, 5) is 15.3. The molecule has 0 radical (unpaired) electrons. The number of rotatable bonds is 8. The predicted octanol–water partition coefficient (Wildman–Crippen LogP) is 3.97. The van der Waals surface area contributed by atoms with Crippen molar-refractivity contribution in [1.29, 1.82) is 0 Å². The third-order valence-electron chi connectivity index (χ3n) is 5.82. The zero-order chi connectivity index (χ0) is 24.0. The van der Waals surface area contributed by atoms with E-state index in [9.17, 15) is 4.79 Å². The molecule has 1 aliphatic rings. The molecule has 0 aromatic heterocycles. The van der Waals surface area contributed by atoms with Gasteiger partial charge < -0.3 is 14.4 Å². The third-order valence-corrected chi connectivity index (χ3v) is 6.99. The van der Waals surface area contributed by atoms with Crippen LogP contribution in [0.25, 0.3) is 11.4 Å². The van der Waals surface area contributed by atoms with Gasteiger partial charge in [0.05, 0.1) is 25.8 Å². The van der Waals surface area contributed by atoms with E-state index < -0.39 is 0 Å². The molecule has 1 N–H and O–H groups in total. The molecule has 0 aliphatic heterocycles. The summed E-state index contributed by atoms with van der Waals surface area (Å²) >= 11 is 1.64. The van der Waals surface area contributed by atoms with Gasteiger partial charge in [-0.15, -0.1) is 6.42 Å². The van der Waals surface area contributed by atoms with E-state index in [4.69, 9.17) is 11.2 Å². The molecule has 2 aromatic carbocycles. The fraction of sp³-hybridized carbons (Fsp3) is 0.321. The maximum Gasteiger partial charge on any atom is 0.307 e. The molecule has 0 spiro atoms. The number of terminal acetylenes is 1. The molecular weight excluding hydrogens is 428 g/mol. The number of hydrogen-bond acceptors (Lipinski definition) is 5.